The second kappa shape index (κ2) is 7.48. The molecule has 1 saturated heterocycles. The summed E-state index contributed by atoms with van der Waals surface area (Å²) in [5.41, 5.74) is 1.22. The first-order valence-electron chi connectivity index (χ1n) is 10.9. The predicted molar refractivity (Wildman–Crippen MR) is 110 cm³/mol. The summed E-state index contributed by atoms with van der Waals surface area (Å²) in [7, 11) is 0. The van der Waals surface area contributed by atoms with E-state index >= 15 is 0 Å². The highest BCUT2D eigenvalue weighted by Gasteiger charge is 2.41. The van der Waals surface area contributed by atoms with Gasteiger partial charge in [0.25, 0.3) is 0 Å². The summed E-state index contributed by atoms with van der Waals surface area (Å²) in [5.74, 6) is 1.88. The van der Waals surface area contributed by atoms with E-state index in [2.05, 4.69) is 11.0 Å². The van der Waals surface area contributed by atoms with Gasteiger partial charge in [-0.3, -0.25) is 4.57 Å². The number of rotatable bonds is 5. The zero-order valence-corrected chi connectivity index (χ0v) is 16.8. The summed E-state index contributed by atoms with van der Waals surface area (Å²) in [4.78, 5) is 2.67. The maximum Gasteiger partial charge on any atom is 0.193 e. The third kappa shape index (κ3) is 3.66. The van der Waals surface area contributed by atoms with Crippen molar-refractivity contribution in [3.63, 3.8) is 0 Å². The van der Waals surface area contributed by atoms with Crippen LogP contribution in [0.3, 0.4) is 0 Å². The number of aromatic hydroxyl groups is 2. The average molecular weight is 399 g/mol. The van der Waals surface area contributed by atoms with Gasteiger partial charge in [-0.25, -0.2) is 0 Å². The van der Waals surface area contributed by atoms with Crippen molar-refractivity contribution in [1.82, 2.24) is 9.47 Å². The van der Waals surface area contributed by atoms with E-state index in [-0.39, 0.29) is 17.4 Å². The molecular formula is C23H30N2O4. The molecule has 1 aromatic carbocycles. The minimum Gasteiger partial charge on any atom is -0.494 e. The Labute approximate surface area is 171 Å². The van der Waals surface area contributed by atoms with E-state index in [1.165, 1.54) is 54.6 Å². The molecule has 29 heavy (non-hydrogen) atoms. The van der Waals surface area contributed by atoms with Crippen molar-refractivity contribution in [3.05, 3.63) is 35.9 Å². The number of ether oxygens (including phenoxy) is 2. The Hall–Kier alpha value is -2.34. The molecule has 1 spiro atoms. The molecular weight excluding hydrogens is 368 g/mol. The van der Waals surface area contributed by atoms with Gasteiger partial charge in [-0.2, -0.15) is 0 Å². The zero-order valence-electron chi connectivity index (χ0n) is 16.8. The topological polar surface area (TPSA) is 67.1 Å². The maximum absolute atomic E-state index is 9.70. The summed E-state index contributed by atoms with van der Waals surface area (Å²) in [6.07, 6.45) is 8.51. The van der Waals surface area contributed by atoms with Crippen molar-refractivity contribution in [3.8, 4) is 23.3 Å². The predicted octanol–water partition coefficient (Wildman–Crippen LogP) is 3.69. The number of nitrogens with zero attached hydrogens (tertiary/aromatic N) is 2. The fourth-order valence-corrected chi connectivity index (χ4v) is 4.92. The van der Waals surface area contributed by atoms with Crippen LogP contribution in [0.25, 0.3) is 0 Å². The Bertz CT molecular complexity index is 846. The summed E-state index contributed by atoms with van der Waals surface area (Å²) in [6, 6.07) is 9.83. The Morgan fingerprint density at radius 2 is 1.79 bits per heavy atom. The molecule has 3 heterocycles. The average Bonchev–Trinajstić information content (AvgIpc) is 3.01. The number of aromatic nitrogens is 1. The lowest BCUT2D eigenvalue weighted by atomic mass is 9.81. The first kappa shape index (κ1) is 18.7. The molecule has 0 radical (unpaired) electrons. The normalized spacial score (nSPS) is 21.4. The van der Waals surface area contributed by atoms with Crippen LogP contribution in [0.15, 0.2) is 30.3 Å². The fraction of sp³-hybridized carbons (Fsp3) is 0.565. The molecule has 6 heteroatoms. The molecule has 0 bridgehead atoms. The minimum atomic E-state index is 0.0130. The van der Waals surface area contributed by atoms with Gasteiger partial charge >= 0.3 is 0 Å². The Morgan fingerprint density at radius 3 is 2.48 bits per heavy atom. The summed E-state index contributed by atoms with van der Waals surface area (Å²) >= 11 is 0. The standard InChI is InChI=1S/C23H30N2O4/c26-21-6-7-22(27)25(21)14-15-28-19-4-5-20-17(16-19)8-9-23(29-20)10-12-24(13-11-23)18-2-1-3-18/h4-7,16,18,26-27H,1-3,8-15H2. The second-order valence-electron chi connectivity index (χ2n) is 8.73. The van der Waals surface area contributed by atoms with Crippen LogP contribution in [0.2, 0.25) is 0 Å². The first-order chi connectivity index (χ1) is 14.1. The van der Waals surface area contributed by atoms with Gasteiger partial charge < -0.3 is 24.6 Å². The molecule has 2 aromatic rings. The number of hydrogen-bond donors (Lipinski definition) is 2. The smallest absolute Gasteiger partial charge is 0.193 e. The van der Waals surface area contributed by atoms with E-state index in [1.807, 2.05) is 12.1 Å². The van der Waals surface area contributed by atoms with Crippen molar-refractivity contribution in [2.75, 3.05) is 19.7 Å². The molecule has 2 aliphatic heterocycles. The van der Waals surface area contributed by atoms with E-state index in [0.717, 1.165) is 43.2 Å². The molecule has 156 valence electrons. The number of benzene rings is 1. The van der Waals surface area contributed by atoms with Crippen LogP contribution in [0.5, 0.6) is 23.3 Å². The number of hydrogen-bond acceptors (Lipinski definition) is 5. The number of aryl methyl sites for hydroxylation is 1. The quantitative estimate of drug-likeness (QED) is 0.804. The van der Waals surface area contributed by atoms with Crippen LogP contribution in [0, 0.1) is 0 Å². The van der Waals surface area contributed by atoms with Crippen LogP contribution < -0.4 is 9.47 Å². The molecule has 0 unspecified atom stereocenters. The van der Waals surface area contributed by atoms with Crippen LogP contribution in [0.4, 0.5) is 0 Å². The first-order valence-corrected chi connectivity index (χ1v) is 10.9. The molecule has 0 atom stereocenters. The Balaban J connectivity index is 1.18. The lowest BCUT2D eigenvalue weighted by molar-refractivity contribution is -0.0337. The minimum absolute atomic E-state index is 0.0130. The SMILES string of the molecule is Oc1ccc(O)n1CCOc1ccc2c(c1)CCC1(CCN(C3CCC3)CC1)O2. The third-order valence-electron chi connectivity index (χ3n) is 7.03. The second-order valence-corrected chi connectivity index (χ2v) is 8.73. The summed E-state index contributed by atoms with van der Waals surface area (Å²) in [6.45, 7) is 3.09. The number of piperidine rings is 1. The summed E-state index contributed by atoms with van der Waals surface area (Å²) < 4.78 is 13.8. The Morgan fingerprint density at radius 1 is 1.03 bits per heavy atom. The highest BCUT2D eigenvalue weighted by molar-refractivity contribution is 5.42. The van der Waals surface area contributed by atoms with E-state index < -0.39 is 0 Å². The van der Waals surface area contributed by atoms with Crippen molar-refractivity contribution < 1.29 is 19.7 Å². The van der Waals surface area contributed by atoms with E-state index in [0.29, 0.717) is 13.2 Å². The molecule has 2 N–H and O–H groups in total. The van der Waals surface area contributed by atoms with Gasteiger partial charge in [0.1, 0.15) is 23.7 Å². The van der Waals surface area contributed by atoms with Crippen molar-refractivity contribution in [1.29, 1.82) is 0 Å². The van der Waals surface area contributed by atoms with Gasteiger partial charge in [-0.1, -0.05) is 6.42 Å². The van der Waals surface area contributed by atoms with Crippen molar-refractivity contribution in [2.24, 2.45) is 0 Å². The van der Waals surface area contributed by atoms with Crippen LogP contribution in [-0.2, 0) is 13.0 Å². The molecule has 5 rings (SSSR count). The largest absolute Gasteiger partial charge is 0.494 e. The fourth-order valence-electron chi connectivity index (χ4n) is 4.92. The van der Waals surface area contributed by atoms with E-state index in [1.54, 1.807) is 0 Å². The van der Waals surface area contributed by atoms with Crippen LogP contribution >= 0.6 is 0 Å². The van der Waals surface area contributed by atoms with Crippen LogP contribution in [-0.4, -0.2) is 51.0 Å². The Kier molecular flexibility index (Phi) is 4.82. The van der Waals surface area contributed by atoms with Gasteiger partial charge in [0.05, 0.1) is 6.54 Å². The van der Waals surface area contributed by atoms with Gasteiger partial charge in [0, 0.05) is 31.3 Å². The van der Waals surface area contributed by atoms with Gasteiger partial charge in [0.2, 0.25) is 0 Å². The molecule has 1 saturated carbocycles. The van der Waals surface area contributed by atoms with Gasteiger partial charge in [-0.15, -0.1) is 0 Å². The van der Waals surface area contributed by atoms with Crippen molar-refractivity contribution >= 4 is 0 Å². The molecule has 0 amide bonds. The van der Waals surface area contributed by atoms with E-state index in [4.69, 9.17) is 9.47 Å². The molecule has 6 nitrogen and oxygen atoms in total. The van der Waals surface area contributed by atoms with Gasteiger partial charge in [0.15, 0.2) is 11.8 Å². The molecule has 1 aliphatic carbocycles. The number of likely N-dealkylation sites (tertiary alicyclic amines) is 1. The van der Waals surface area contributed by atoms with Crippen molar-refractivity contribution in [2.45, 2.75) is 63.1 Å². The molecule has 3 aliphatic rings. The zero-order chi connectivity index (χ0) is 19.8. The number of fused-ring (bicyclic) bond motifs is 1. The highest BCUT2D eigenvalue weighted by atomic mass is 16.5. The maximum atomic E-state index is 9.70. The lowest BCUT2D eigenvalue weighted by Crippen LogP contribution is -2.53. The van der Waals surface area contributed by atoms with Crippen LogP contribution in [0.1, 0.15) is 44.1 Å². The van der Waals surface area contributed by atoms with E-state index in [9.17, 15) is 10.2 Å². The lowest BCUT2D eigenvalue weighted by Gasteiger charge is -2.48. The molecule has 1 aromatic heterocycles. The highest BCUT2D eigenvalue weighted by Crippen LogP contribution is 2.41. The molecule has 2 fully saturated rings. The third-order valence-corrected chi connectivity index (χ3v) is 7.03. The monoisotopic (exact) mass is 398 g/mol. The van der Waals surface area contributed by atoms with Gasteiger partial charge in [-0.05, 0) is 62.3 Å². The summed E-state index contributed by atoms with van der Waals surface area (Å²) in [5, 5.41) is 19.4.